The molecular formula is C20H23N3O7. The number of nitro groups is 1. The first kappa shape index (κ1) is 21.4. The van der Waals surface area contributed by atoms with Crippen LogP contribution in [0.5, 0.6) is 0 Å². The van der Waals surface area contributed by atoms with Gasteiger partial charge < -0.3 is 10.1 Å². The summed E-state index contributed by atoms with van der Waals surface area (Å²) in [6, 6.07) is 2.89. The van der Waals surface area contributed by atoms with Gasteiger partial charge in [0.15, 0.2) is 6.61 Å². The zero-order valence-electron chi connectivity index (χ0n) is 16.8. The number of nitrogens with zero attached hydrogens (tertiary/aromatic N) is 2. The largest absolute Gasteiger partial charge is 0.454 e. The minimum absolute atomic E-state index is 0.186. The third-order valence-electron chi connectivity index (χ3n) is 5.66. The van der Waals surface area contributed by atoms with E-state index in [4.69, 9.17) is 4.74 Å². The van der Waals surface area contributed by atoms with Crippen molar-refractivity contribution < 1.29 is 28.8 Å². The number of likely N-dealkylation sites (tertiary alicyclic amines) is 1. The smallest absolute Gasteiger partial charge is 0.329 e. The second kappa shape index (κ2) is 8.60. The van der Waals surface area contributed by atoms with E-state index in [0.717, 1.165) is 17.7 Å². The highest BCUT2D eigenvalue weighted by molar-refractivity contribution is 6.08. The summed E-state index contributed by atoms with van der Waals surface area (Å²) in [6.45, 7) is 2.42. The van der Waals surface area contributed by atoms with Crippen molar-refractivity contribution in [2.24, 2.45) is 11.8 Å². The van der Waals surface area contributed by atoms with Crippen molar-refractivity contribution >= 4 is 35.1 Å². The van der Waals surface area contributed by atoms with Gasteiger partial charge in [0.05, 0.1) is 22.4 Å². The van der Waals surface area contributed by atoms with Gasteiger partial charge in [0.2, 0.25) is 11.8 Å². The van der Waals surface area contributed by atoms with Gasteiger partial charge in [-0.25, -0.2) is 4.79 Å². The molecule has 0 unspecified atom stereocenters. The highest BCUT2D eigenvalue weighted by atomic mass is 16.6. The number of hydrogen-bond acceptors (Lipinski definition) is 7. The first-order chi connectivity index (χ1) is 14.2. The molecule has 1 aromatic carbocycles. The average Bonchev–Trinajstić information content (AvgIpc) is 2.97. The van der Waals surface area contributed by atoms with Crippen LogP contribution in [0.25, 0.3) is 0 Å². The molecule has 1 saturated heterocycles. The fraction of sp³-hybridized carbons (Fsp3) is 0.500. The molecule has 160 valence electrons. The number of aryl methyl sites for hydroxylation is 1. The van der Waals surface area contributed by atoms with Crippen LogP contribution >= 0.6 is 0 Å². The second-order valence-electron chi connectivity index (χ2n) is 7.63. The highest BCUT2D eigenvalue weighted by Gasteiger charge is 2.51. The number of ether oxygens (including phenoxy) is 1. The number of nitro benzene ring substituents is 1. The second-order valence-corrected chi connectivity index (χ2v) is 7.63. The molecule has 3 atom stereocenters. The topological polar surface area (TPSA) is 136 Å². The maximum atomic E-state index is 12.6. The zero-order chi connectivity index (χ0) is 22.0. The number of benzene rings is 1. The van der Waals surface area contributed by atoms with E-state index in [2.05, 4.69) is 5.32 Å². The van der Waals surface area contributed by atoms with Crippen molar-refractivity contribution in [2.75, 3.05) is 11.9 Å². The lowest BCUT2D eigenvalue weighted by molar-refractivity contribution is -0.384. The summed E-state index contributed by atoms with van der Waals surface area (Å²) in [5.41, 5.74) is 0.644. The molecule has 3 rings (SSSR count). The van der Waals surface area contributed by atoms with E-state index >= 15 is 0 Å². The predicted octanol–water partition coefficient (Wildman–Crippen LogP) is 1.95. The molecule has 2 aliphatic rings. The van der Waals surface area contributed by atoms with E-state index < -0.39 is 29.4 Å². The SMILES string of the molecule is Cc1ccc([N+](=O)[O-])cc1NC(=O)COC(=O)[C@H](C)N1C(=O)[C@H]2CCCC[C@@H]2C1=O. The summed E-state index contributed by atoms with van der Waals surface area (Å²) < 4.78 is 4.99. The van der Waals surface area contributed by atoms with Gasteiger partial charge in [-0.1, -0.05) is 18.9 Å². The Morgan fingerprint density at radius 3 is 2.40 bits per heavy atom. The van der Waals surface area contributed by atoms with E-state index in [-0.39, 0.29) is 35.0 Å². The number of imide groups is 1. The minimum Gasteiger partial charge on any atom is -0.454 e. The molecule has 1 aliphatic heterocycles. The third kappa shape index (κ3) is 4.17. The Bertz CT molecular complexity index is 890. The summed E-state index contributed by atoms with van der Waals surface area (Å²) in [5.74, 6) is -3.01. The molecule has 0 spiro atoms. The van der Waals surface area contributed by atoms with Crippen LogP contribution in [-0.2, 0) is 23.9 Å². The van der Waals surface area contributed by atoms with E-state index in [9.17, 15) is 29.3 Å². The molecule has 10 heteroatoms. The molecule has 1 heterocycles. The Hall–Kier alpha value is -3.30. The van der Waals surface area contributed by atoms with E-state index in [1.54, 1.807) is 6.92 Å². The number of esters is 1. The molecule has 1 saturated carbocycles. The summed E-state index contributed by atoms with van der Waals surface area (Å²) in [7, 11) is 0. The van der Waals surface area contributed by atoms with Gasteiger partial charge in [-0.2, -0.15) is 0 Å². The number of non-ortho nitro benzene ring substituents is 1. The summed E-state index contributed by atoms with van der Waals surface area (Å²) in [5, 5.41) is 13.3. The summed E-state index contributed by atoms with van der Waals surface area (Å²) in [4.78, 5) is 60.9. The normalized spacial score (nSPS) is 21.7. The van der Waals surface area contributed by atoms with Crippen molar-refractivity contribution in [1.82, 2.24) is 4.90 Å². The van der Waals surface area contributed by atoms with Crippen molar-refractivity contribution in [3.05, 3.63) is 33.9 Å². The number of carbonyl (C=O) groups is 4. The number of anilines is 1. The molecule has 10 nitrogen and oxygen atoms in total. The van der Waals surface area contributed by atoms with Crippen LogP contribution in [-0.4, -0.2) is 46.2 Å². The lowest BCUT2D eigenvalue weighted by Crippen LogP contribution is -2.45. The van der Waals surface area contributed by atoms with Crippen molar-refractivity contribution in [3.8, 4) is 0 Å². The zero-order valence-corrected chi connectivity index (χ0v) is 16.8. The van der Waals surface area contributed by atoms with E-state index in [1.165, 1.54) is 25.1 Å². The Morgan fingerprint density at radius 1 is 1.23 bits per heavy atom. The van der Waals surface area contributed by atoms with Crippen LogP contribution in [0.4, 0.5) is 11.4 Å². The quantitative estimate of drug-likeness (QED) is 0.323. The summed E-state index contributed by atoms with van der Waals surface area (Å²) in [6.07, 6.45) is 3.03. The number of carbonyl (C=O) groups excluding carboxylic acids is 4. The van der Waals surface area contributed by atoms with E-state index in [1.807, 2.05) is 0 Å². The number of amides is 3. The van der Waals surface area contributed by atoms with Crippen LogP contribution in [0, 0.1) is 28.9 Å². The van der Waals surface area contributed by atoms with Gasteiger partial charge in [-0.15, -0.1) is 0 Å². The van der Waals surface area contributed by atoms with Gasteiger partial charge in [0.25, 0.3) is 11.6 Å². The lowest BCUT2D eigenvalue weighted by atomic mass is 9.81. The molecule has 1 aliphatic carbocycles. The van der Waals surface area contributed by atoms with Gasteiger partial charge in [0.1, 0.15) is 6.04 Å². The Balaban J connectivity index is 1.58. The van der Waals surface area contributed by atoms with Gasteiger partial charge in [0, 0.05) is 12.1 Å². The molecule has 1 N–H and O–H groups in total. The first-order valence-electron chi connectivity index (χ1n) is 9.79. The van der Waals surface area contributed by atoms with Crippen LogP contribution in [0.1, 0.15) is 38.2 Å². The molecule has 3 amide bonds. The molecular weight excluding hydrogens is 394 g/mol. The standard InChI is InChI=1S/C20H23N3O7/c1-11-7-8-13(23(28)29)9-16(11)21-17(24)10-30-20(27)12(2)22-18(25)14-5-3-4-6-15(14)19(22)26/h7-9,12,14-15H,3-6,10H2,1-2H3,(H,21,24)/t12-,14-,15-/m0/s1. The fourth-order valence-corrected chi connectivity index (χ4v) is 3.98. The van der Waals surface area contributed by atoms with Gasteiger partial charge in [-0.05, 0) is 32.3 Å². The lowest BCUT2D eigenvalue weighted by Gasteiger charge is -2.21. The monoisotopic (exact) mass is 417 g/mol. The van der Waals surface area contributed by atoms with Crippen molar-refractivity contribution in [2.45, 2.75) is 45.6 Å². The number of rotatable bonds is 6. The Morgan fingerprint density at radius 2 is 1.83 bits per heavy atom. The predicted molar refractivity (Wildman–Crippen MR) is 104 cm³/mol. The van der Waals surface area contributed by atoms with Gasteiger partial charge >= 0.3 is 5.97 Å². The van der Waals surface area contributed by atoms with Crippen LogP contribution in [0.3, 0.4) is 0 Å². The fourth-order valence-electron chi connectivity index (χ4n) is 3.98. The number of hydrogen-bond donors (Lipinski definition) is 1. The molecule has 2 fully saturated rings. The van der Waals surface area contributed by atoms with Crippen LogP contribution in [0.15, 0.2) is 18.2 Å². The van der Waals surface area contributed by atoms with E-state index in [0.29, 0.717) is 18.4 Å². The maximum Gasteiger partial charge on any atom is 0.329 e. The minimum atomic E-state index is -1.12. The maximum absolute atomic E-state index is 12.6. The average molecular weight is 417 g/mol. The molecule has 1 aromatic rings. The first-order valence-corrected chi connectivity index (χ1v) is 9.79. The summed E-state index contributed by atoms with van der Waals surface area (Å²) >= 11 is 0. The molecule has 30 heavy (non-hydrogen) atoms. The van der Waals surface area contributed by atoms with Crippen molar-refractivity contribution in [3.63, 3.8) is 0 Å². The Kier molecular flexibility index (Phi) is 6.14. The van der Waals surface area contributed by atoms with Crippen LogP contribution < -0.4 is 5.32 Å². The molecule has 0 radical (unpaired) electrons. The van der Waals surface area contributed by atoms with Gasteiger partial charge in [-0.3, -0.25) is 29.4 Å². The number of nitrogens with one attached hydrogen (secondary N) is 1. The molecule has 0 bridgehead atoms. The molecule has 0 aromatic heterocycles. The van der Waals surface area contributed by atoms with Crippen molar-refractivity contribution in [1.29, 1.82) is 0 Å². The Labute approximate surface area is 172 Å². The third-order valence-corrected chi connectivity index (χ3v) is 5.66. The highest BCUT2D eigenvalue weighted by Crippen LogP contribution is 2.38. The van der Waals surface area contributed by atoms with Crippen LogP contribution in [0.2, 0.25) is 0 Å². The number of fused-ring (bicyclic) bond motifs is 1.